The van der Waals surface area contributed by atoms with Crippen LogP contribution in [0.25, 0.3) is 28.0 Å². The van der Waals surface area contributed by atoms with E-state index in [1.54, 1.807) is 29.6 Å². The van der Waals surface area contributed by atoms with E-state index in [0.717, 1.165) is 22.3 Å². The monoisotopic (exact) mass is 385 g/mol. The quantitative estimate of drug-likeness (QED) is 0.555. The molecule has 2 heterocycles. The first-order valence-electron chi connectivity index (χ1n) is 9.13. The Balaban J connectivity index is 1.92. The van der Waals surface area contributed by atoms with Crippen LogP contribution in [0.15, 0.2) is 66.9 Å². The summed E-state index contributed by atoms with van der Waals surface area (Å²) in [7, 11) is 1.58. The summed E-state index contributed by atoms with van der Waals surface area (Å²) >= 11 is 0. The number of carboxylic acid groups (broad SMARTS) is 1. The average molecular weight is 385 g/mol. The fourth-order valence-electron chi connectivity index (χ4n) is 3.30. The van der Waals surface area contributed by atoms with E-state index in [2.05, 4.69) is 10.3 Å². The summed E-state index contributed by atoms with van der Waals surface area (Å²) in [6.07, 6.45) is 1.81. The van der Waals surface area contributed by atoms with Crippen LogP contribution in [0.4, 0.5) is 0 Å². The van der Waals surface area contributed by atoms with E-state index in [0.29, 0.717) is 17.0 Å². The number of carbonyl (C=O) groups is 2. The number of aromatic nitrogens is 2. The molecule has 1 amide bonds. The second kappa shape index (κ2) is 7.24. The Morgan fingerprint density at radius 1 is 0.966 bits per heavy atom. The van der Waals surface area contributed by atoms with Crippen molar-refractivity contribution in [3.05, 3.63) is 83.7 Å². The molecule has 0 aliphatic carbocycles. The highest BCUT2D eigenvalue weighted by atomic mass is 16.4. The summed E-state index contributed by atoms with van der Waals surface area (Å²) in [5.41, 5.74) is 5.39. The lowest BCUT2D eigenvalue weighted by Gasteiger charge is -2.07. The summed E-state index contributed by atoms with van der Waals surface area (Å²) in [6.45, 7) is 2.00. The number of pyridine rings is 1. The number of benzene rings is 2. The maximum atomic E-state index is 12.7. The van der Waals surface area contributed by atoms with Crippen LogP contribution in [0.3, 0.4) is 0 Å². The number of aryl methyl sites for hydroxylation is 1. The number of aromatic carboxylic acids is 1. The van der Waals surface area contributed by atoms with Gasteiger partial charge < -0.3 is 10.4 Å². The fourth-order valence-corrected chi connectivity index (χ4v) is 3.30. The number of imidazole rings is 1. The predicted molar refractivity (Wildman–Crippen MR) is 111 cm³/mol. The van der Waals surface area contributed by atoms with Gasteiger partial charge in [-0.05, 0) is 42.3 Å². The van der Waals surface area contributed by atoms with Crippen molar-refractivity contribution >= 4 is 17.5 Å². The first-order valence-corrected chi connectivity index (χ1v) is 9.13. The van der Waals surface area contributed by atoms with Crippen LogP contribution in [0, 0.1) is 6.92 Å². The van der Waals surface area contributed by atoms with Crippen molar-refractivity contribution in [1.29, 1.82) is 0 Å². The van der Waals surface area contributed by atoms with Gasteiger partial charge in [0.2, 0.25) is 0 Å². The number of amides is 1. The smallest absolute Gasteiger partial charge is 0.335 e. The van der Waals surface area contributed by atoms with Crippen LogP contribution in [-0.4, -0.2) is 33.4 Å². The molecule has 0 spiro atoms. The predicted octanol–water partition coefficient (Wildman–Crippen LogP) is 4.03. The minimum absolute atomic E-state index is 0.208. The molecule has 29 heavy (non-hydrogen) atoms. The normalized spacial score (nSPS) is 10.8. The van der Waals surface area contributed by atoms with E-state index in [9.17, 15) is 14.7 Å². The van der Waals surface area contributed by atoms with Crippen LogP contribution < -0.4 is 5.32 Å². The van der Waals surface area contributed by atoms with Gasteiger partial charge in [0.05, 0.1) is 5.56 Å². The van der Waals surface area contributed by atoms with Gasteiger partial charge in [0, 0.05) is 18.8 Å². The van der Waals surface area contributed by atoms with Crippen molar-refractivity contribution in [1.82, 2.24) is 14.7 Å². The molecule has 0 fully saturated rings. The van der Waals surface area contributed by atoms with E-state index in [1.165, 1.54) is 0 Å². The largest absolute Gasteiger partial charge is 0.478 e. The molecule has 0 bridgehead atoms. The number of fused-ring (bicyclic) bond motifs is 1. The first-order chi connectivity index (χ1) is 14.0. The molecule has 0 atom stereocenters. The third-order valence-corrected chi connectivity index (χ3v) is 4.83. The van der Waals surface area contributed by atoms with Crippen molar-refractivity contribution in [2.45, 2.75) is 6.92 Å². The van der Waals surface area contributed by atoms with Gasteiger partial charge >= 0.3 is 5.97 Å². The van der Waals surface area contributed by atoms with Crippen LogP contribution in [-0.2, 0) is 0 Å². The van der Waals surface area contributed by atoms with E-state index < -0.39 is 5.97 Å². The second-order valence-electron chi connectivity index (χ2n) is 6.79. The number of hydrogen-bond acceptors (Lipinski definition) is 3. The Morgan fingerprint density at radius 3 is 2.38 bits per heavy atom. The Morgan fingerprint density at radius 2 is 1.69 bits per heavy atom. The van der Waals surface area contributed by atoms with Crippen molar-refractivity contribution in [2.24, 2.45) is 0 Å². The van der Waals surface area contributed by atoms with Gasteiger partial charge in [0.15, 0.2) is 0 Å². The number of nitrogens with zero attached hydrogens (tertiary/aromatic N) is 2. The first kappa shape index (κ1) is 18.4. The van der Waals surface area contributed by atoms with Gasteiger partial charge in [0.25, 0.3) is 5.91 Å². The van der Waals surface area contributed by atoms with Gasteiger partial charge in [-0.2, -0.15) is 0 Å². The van der Waals surface area contributed by atoms with Crippen LogP contribution in [0.5, 0.6) is 0 Å². The summed E-state index contributed by atoms with van der Waals surface area (Å²) in [6, 6.07) is 18.3. The summed E-state index contributed by atoms with van der Waals surface area (Å²) in [5.74, 6) is -1.23. The van der Waals surface area contributed by atoms with Crippen LogP contribution >= 0.6 is 0 Å². The molecule has 0 saturated heterocycles. The van der Waals surface area contributed by atoms with E-state index in [-0.39, 0.29) is 11.5 Å². The molecule has 2 aromatic carbocycles. The summed E-state index contributed by atoms with van der Waals surface area (Å²) in [5, 5.41) is 11.9. The molecule has 2 aromatic heterocycles. The molecule has 4 aromatic rings. The Bertz CT molecular complexity index is 1240. The zero-order valence-electron chi connectivity index (χ0n) is 16.0. The van der Waals surface area contributed by atoms with E-state index in [4.69, 9.17) is 0 Å². The SMILES string of the molecule is CNC(=O)c1c(-c2ccc(C)cc2)nc2ccc(-c3cccc(C(=O)O)c3)cn12. The molecule has 6 nitrogen and oxygen atoms in total. The summed E-state index contributed by atoms with van der Waals surface area (Å²) in [4.78, 5) is 28.7. The standard InChI is InChI=1S/C23H19N3O3/c1-14-6-8-15(9-7-14)20-21(22(27)24-2)26-13-18(10-11-19(26)25-20)16-4-3-5-17(12-16)23(28)29/h3-13H,1-2H3,(H,24,27)(H,28,29). The number of hydrogen-bond donors (Lipinski definition) is 2. The van der Waals surface area contributed by atoms with Gasteiger partial charge in [-0.1, -0.05) is 42.0 Å². The number of rotatable bonds is 4. The molecule has 144 valence electrons. The van der Waals surface area contributed by atoms with Crippen molar-refractivity contribution < 1.29 is 14.7 Å². The molecular formula is C23H19N3O3. The minimum Gasteiger partial charge on any atom is -0.478 e. The average Bonchev–Trinajstić information content (AvgIpc) is 3.12. The highest BCUT2D eigenvalue weighted by Crippen LogP contribution is 2.28. The molecule has 0 saturated carbocycles. The molecule has 0 radical (unpaired) electrons. The number of nitrogens with one attached hydrogen (secondary N) is 1. The molecule has 4 rings (SSSR count). The minimum atomic E-state index is -0.983. The summed E-state index contributed by atoms with van der Waals surface area (Å²) < 4.78 is 1.75. The van der Waals surface area contributed by atoms with Crippen molar-refractivity contribution in [2.75, 3.05) is 7.05 Å². The maximum Gasteiger partial charge on any atom is 0.335 e. The van der Waals surface area contributed by atoms with Gasteiger partial charge in [0.1, 0.15) is 17.0 Å². The Kier molecular flexibility index (Phi) is 4.60. The van der Waals surface area contributed by atoms with E-state index >= 15 is 0 Å². The zero-order chi connectivity index (χ0) is 20.5. The lowest BCUT2D eigenvalue weighted by molar-refractivity contribution is 0.0696. The Labute approximate surface area is 167 Å². The highest BCUT2D eigenvalue weighted by Gasteiger charge is 2.20. The van der Waals surface area contributed by atoms with Crippen molar-refractivity contribution in [3.8, 4) is 22.4 Å². The fraction of sp³-hybridized carbons (Fsp3) is 0.0870. The zero-order valence-corrected chi connectivity index (χ0v) is 16.0. The maximum absolute atomic E-state index is 12.7. The number of carboxylic acids is 1. The second-order valence-corrected chi connectivity index (χ2v) is 6.79. The molecule has 0 aliphatic rings. The highest BCUT2D eigenvalue weighted by molar-refractivity contribution is 5.99. The van der Waals surface area contributed by atoms with Gasteiger partial charge in [-0.25, -0.2) is 9.78 Å². The molecule has 2 N–H and O–H groups in total. The molecular weight excluding hydrogens is 366 g/mol. The lowest BCUT2D eigenvalue weighted by atomic mass is 10.0. The Hall–Kier alpha value is -3.93. The topological polar surface area (TPSA) is 83.7 Å². The van der Waals surface area contributed by atoms with Gasteiger partial charge in [-0.3, -0.25) is 9.20 Å². The van der Waals surface area contributed by atoms with Crippen LogP contribution in [0.2, 0.25) is 0 Å². The van der Waals surface area contributed by atoms with Crippen LogP contribution in [0.1, 0.15) is 26.4 Å². The molecule has 0 aliphatic heterocycles. The van der Waals surface area contributed by atoms with Gasteiger partial charge in [-0.15, -0.1) is 0 Å². The van der Waals surface area contributed by atoms with E-state index in [1.807, 2.05) is 55.6 Å². The third-order valence-electron chi connectivity index (χ3n) is 4.83. The molecule has 6 heteroatoms. The molecule has 0 unspecified atom stereocenters. The van der Waals surface area contributed by atoms with Crippen molar-refractivity contribution in [3.63, 3.8) is 0 Å². The third kappa shape index (κ3) is 3.36. The number of carbonyl (C=O) groups excluding carboxylic acids is 1. The lowest BCUT2D eigenvalue weighted by Crippen LogP contribution is -2.20.